The Labute approximate surface area is 488 Å². The van der Waals surface area contributed by atoms with Crippen LogP contribution in [-0.4, -0.2) is 37.0 Å². The minimum absolute atomic E-state index is 1.08. The van der Waals surface area contributed by atoms with Gasteiger partial charge in [0.15, 0.2) is 20.2 Å². The van der Waals surface area contributed by atoms with Crippen molar-refractivity contribution >= 4 is 20.2 Å². The average molecular weight is 1190 g/mol. The number of fused-ring (bicyclic) bond motifs is 12. The van der Waals surface area contributed by atoms with Gasteiger partial charge >= 0.3 is 11.0 Å². The van der Waals surface area contributed by atoms with Crippen LogP contribution >= 0.6 is 0 Å². The molecule has 4 aliphatic carbocycles. The topological polar surface area (TPSA) is 122 Å². The third-order valence-electron chi connectivity index (χ3n) is 16.8. The van der Waals surface area contributed by atoms with Crippen molar-refractivity contribution in [3.8, 4) is 67.3 Å². The molecule has 0 fully saturated rings. The molecule has 2 heterocycles. The van der Waals surface area contributed by atoms with Gasteiger partial charge in [-0.25, -0.2) is 16.8 Å². The van der Waals surface area contributed by atoms with Gasteiger partial charge in [-0.15, -0.1) is 0 Å². The maximum Gasteiger partial charge on any atom is 0.485 e. The highest BCUT2D eigenvalue weighted by atomic mass is 32.2. The molecule has 0 saturated carbocycles. The first-order chi connectivity index (χ1) is 40.3. The van der Waals surface area contributed by atoms with Gasteiger partial charge in [0.25, 0.3) is 0 Å². The number of alkyl halides is 6. The highest BCUT2D eigenvalue weighted by Gasteiger charge is 2.41. The highest BCUT2D eigenvalue weighted by Crippen LogP contribution is 2.47. The Balaban J connectivity index is 0.000000433. The molecule has 0 spiro atoms. The zero-order valence-corrected chi connectivity index (χ0v) is 48.2. The normalized spacial score (nSPS) is 13.9. The number of unbranched alkanes of at least 4 members (excludes halogenated alkanes) is 9. The van der Waals surface area contributed by atoms with Crippen LogP contribution in [0.25, 0.3) is 67.3 Å². The van der Waals surface area contributed by atoms with Gasteiger partial charge in [0.2, 0.25) is 22.8 Å². The van der Waals surface area contributed by atoms with Crippen LogP contribution in [0.15, 0.2) is 158 Å². The molecule has 84 heavy (non-hydrogen) atoms. The number of pyridine rings is 2. The van der Waals surface area contributed by atoms with Crippen molar-refractivity contribution < 1.29 is 61.4 Å². The van der Waals surface area contributed by atoms with Crippen molar-refractivity contribution in [2.45, 2.75) is 140 Å². The van der Waals surface area contributed by atoms with Crippen LogP contribution in [0, 0.1) is 0 Å². The third kappa shape index (κ3) is 13.0. The van der Waals surface area contributed by atoms with Crippen LogP contribution in [0.5, 0.6) is 0 Å². The van der Waals surface area contributed by atoms with Crippen LogP contribution in [0.3, 0.4) is 0 Å². The van der Waals surface area contributed by atoms with Crippen molar-refractivity contribution in [1.29, 1.82) is 0 Å². The molecule has 0 N–H and O–H groups in total. The predicted octanol–water partition coefficient (Wildman–Crippen LogP) is 15.4. The molecule has 0 atom stereocenters. The first kappa shape index (κ1) is 60.2. The summed E-state index contributed by atoms with van der Waals surface area (Å²) in [6.07, 6.45) is 22.0. The summed E-state index contributed by atoms with van der Waals surface area (Å²) in [6, 6.07) is 59.7. The summed E-state index contributed by atoms with van der Waals surface area (Å²) in [7, 11) is -12.2. The van der Waals surface area contributed by atoms with Gasteiger partial charge in [-0.05, 0) is 122 Å². The van der Waals surface area contributed by atoms with Crippen molar-refractivity contribution in [3.63, 3.8) is 0 Å². The minimum atomic E-state index is -6.09. The van der Waals surface area contributed by atoms with E-state index in [2.05, 4.69) is 167 Å². The summed E-state index contributed by atoms with van der Waals surface area (Å²) in [5.41, 5.74) is 18.5. The fourth-order valence-corrected chi connectivity index (χ4v) is 13.1. The molecule has 0 bridgehead atoms. The molecule has 438 valence electrons. The van der Waals surface area contributed by atoms with Crippen LogP contribution in [0.2, 0.25) is 0 Å². The Kier molecular flexibility index (Phi) is 18.4. The SMILES string of the molecule is O=S(=O)([O-])C(F)(F)F.O=S(=O)([O-])C(F)(F)F.c1ccc(-c2c3c([n+](CCCCCCCCCCCC[n+]4c5c(c(-c6ccccc6)c6c4-c4ccccc4CC6)CCc4ccccc4-5)c4c2CCc2ccccc2-4)-c2ccccc2CC3)cc1. The molecular weight excluding hydrogens is 1120 g/mol. The lowest BCUT2D eigenvalue weighted by molar-refractivity contribution is -0.676. The Morgan fingerprint density at radius 1 is 0.321 bits per heavy atom. The number of benzene rings is 6. The summed E-state index contributed by atoms with van der Waals surface area (Å²) in [6.45, 7) is 2.16. The molecular formula is C68H66F6N2O6S2. The lowest BCUT2D eigenvalue weighted by atomic mass is 9.77. The molecule has 0 aliphatic heterocycles. The van der Waals surface area contributed by atoms with Crippen molar-refractivity contribution in [2.75, 3.05) is 0 Å². The van der Waals surface area contributed by atoms with E-state index in [0.717, 1.165) is 64.5 Å². The van der Waals surface area contributed by atoms with Gasteiger partial charge in [0, 0.05) is 68.5 Å². The summed E-state index contributed by atoms with van der Waals surface area (Å²) in [5.74, 6) is 0. The molecule has 8 nitrogen and oxygen atoms in total. The molecule has 16 heteroatoms. The van der Waals surface area contributed by atoms with E-state index in [0.29, 0.717) is 0 Å². The maximum atomic E-state index is 10.7. The Morgan fingerprint density at radius 3 is 0.774 bits per heavy atom. The number of halogens is 6. The third-order valence-corrected chi connectivity index (χ3v) is 17.9. The number of aryl methyl sites for hydroxylation is 4. The van der Waals surface area contributed by atoms with E-state index in [1.54, 1.807) is 22.3 Å². The monoisotopic (exact) mass is 1180 g/mol. The van der Waals surface area contributed by atoms with Crippen LogP contribution in [0.1, 0.15) is 109 Å². The standard InChI is InChI=1S/C66H66N2.2CHF3O3S/c1(3-5-7-23-45-67-63-53-33-19-15-25-47(53)37-41-57(63)61(51-29-11-9-12-30-51)58-42-38-48-26-16-20-34-54(48)64(58)67)2-4-6-8-24-46-68-65-55-35-21-17-27-49(55)39-43-59(65)62(52-31-13-10-14-32-52)60-44-40-50-28-18-22-36-56(50)66(60)68;2*2-1(3,4)8(5,6)7/h9-22,25-36H,1-8,23-24,37-46H2;2*(H,5,6,7)/q+2;;/p-2. The molecule has 4 aliphatic rings. The van der Waals surface area contributed by atoms with E-state index in [4.69, 9.17) is 25.9 Å². The van der Waals surface area contributed by atoms with Gasteiger partial charge < -0.3 is 9.11 Å². The number of aromatic nitrogens is 2. The first-order valence-electron chi connectivity index (χ1n) is 29.0. The number of hydrogen-bond acceptors (Lipinski definition) is 6. The number of rotatable bonds is 15. The molecule has 0 radical (unpaired) electrons. The van der Waals surface area contributed by atoms with Gasteiger partial charge in [-0.3, -0.25) is 0 Å². The highest BCUT2D eigenvalue weighted by molar-refractivity contribution is 7.86. The molecule has 2 aromatic heterocycles. The zero-order valence-electron chi connectivity index (χ0n) is 46.6. The zero-order chi connectivity index (χ0) is 59.2. The van der Waals surface area contributed by atoms with Crippen LogP contribution in [0.4, 0.5) is 26.3 Å². The van der Waals surface area contributed by atoms with Crippen molar-refractivity contribution in [2.24, 2.45) is 0 Å². The van der Waals surface area contributed by atoms with E-state index in [1.165, 1.54) is 154 Å². The van der Waals surface area contributed by atoms with Gasteiger partial charge in [-0.2, -0.15) is 35.5 Å². The van der Waals surface area contributed by atoms with Gasteiger partial charge in [0.05, 0.1) is 0 Å². The van der Waals surface area contributed by atoms with E-state index in [1.807, 2.05) is 0 Å². The minimum Gasteiger partial charge on any atom is -0.741 e. The van der Waals surface area contributed by atoms with Crippen LogP contribution in [-0.2, 0) is 84.7 Å². The molecule has 8 aromatic rings. The van der Waals surface area contributed by atoms with E-state index in [9.17, 15) is 26.3 Å². The van der Waals surface area contributed by atoms with Crippen molar-refractivity contribution in [3.05, 3.63) is 202 Å². The van der Waals surface area contributed by atoms with Gasteiger partial charge in [0.1, 0.15) is 13.1 Å². The fraction of sp³-hybridized carbons (Fsp3) is 0.324. The Bertz CT molecular complexity index is 3500. The van der Waals surface area contributed by atoms with Crippen LogP contribution < -0.4 is 9.13 Å². The molecule has 0 amide bonds. The average Bonchev–Trinajstić information content (AvgIpc) is 0.897. The number of hydrogen-bond donors (Lipinski definition) is 0. The molecule has 6 aromatic carbocycles. The summed E-state index contributed by atoms with van der Waals surface area (Å²) >= 11 is 0. The molecule has 0 saturated heterocycles. The summed E-state index contributed by atoms with van der Waals surface area (Å²) in [5, 5.41) is 0. The first-order valence-corrected chi connectivity index (χ1v) is 31.8. The largest absolute Gasteiger partial charge is 0.741 e. The van der Waals surface area contributed by atoms with Crippen molar-refractivity contribution in [1.82, 2.24) is 0 Å². The van der Waals surface area contributed by atoms with E-state index >= 15 is 0 Å². The lowest BCUT2D eigenvalue weighted by Crippen LogP contribution is -2.43. The van der Waals surface area contributed by atoms with E-state index < -0.39 is 31.3 Å². The Morgan fingerprint density at radius 2 is 0.536 bits per heavy atom. The summed E-state index contributed by atoms with van der Waals surface area (Å²) < 4.78 is 123. The van der Waals surface area contributed by atoms with E-state index in [-0.39, 0.29) is 0 Å². The predicted molar refractivity (Wildman–Crippen MR) is 313 cm³/mol. The maximum absolute atomic E-state index is 10.7. The fourth-order valence-electron chi connectivity index (χ4n) is 13.1. The smallest absolute Gasteiger partial charge is 0.485 e. The second-order valence-corrected chi connectivity index (χ2v) is 24.8. The second-order valence-electron chi connectivity index (χ2n) is 22.1. The lowest BCUT2D eigenvalue weighted by Gasteiger charge is -2.28. The second kappa shape index (κ2) is 25.7. The van der Waals surface area contributed by atoms with Gasteiger partial charge in [-0.1, -0.05) is 172 Å². The Hall–Kier alpha value is -6.98. The quantitative estimate of drug-likeness (QED) is 0.0331. The molecule has 12 rings (SSSR count). The molecule has 0 unspecified atom stereocenters. The summed E-state index contributed by atoms with van der Waals surface area (Å²) in [4.78, 5) is 0. The number of nitrogens with zero attached hydrogens (tertiary/aromatic N) is 2.